The summed E-state index contributed by atoms with van der Waals surface area (Å²) in [5, 5.41) is 14.9. The van der Waals surface area contributed by atoms with Gasteiger partial charge in [0.25, 0.3) is 5.91 Å². The summed E-state index contributed by atoms with van der Waals surface area (Å²) >= 11 is 0. The number of rotatable bonds is 4. The van der Waals surface area contributed by atoms with Gasteiger partial charge in [-0.05, 0) is 53.4 Å². The molecule has 1 saturated heterocycles. The van der Waals surface area contributed by atoms with E-state index in [2.05, 4.69) is 20.6 Å². The van der Waals surface area contributed by atoms with E-state index < -0.39 is 0 Å². The molecule has 2 aromatic rings. The Kier molecular flexibility index (Phi) is 4.75. The van der Waals surface area contributed by atoms with Crippen LogP contribution in [0.3, 0.4) is 0 Å². The Hall–Kier alpha value is -2.64. The normalized spacial score (nSPS) is 24.6. The van der Waals surface area contributed by atoms with Gasteiger partial charge >= 0.3 is 0 Å². The van der Waals surface area contributed by atoms with Crippen LogP contribution in [0.25, 0.3) is 0 Å². The lowest BCUT2D eigenvalue weighted by Crippen LogP contribution is -2.55. The van der Waals surface area contributed by atoms with Crippen LogP contribution in [0.2, 0.25) is 0 Å². The van der Waals surface area contributed by atoms with Gasteiger partial charge in [0.1, 0.15) is 0 Å². The van der Waals surface area contributed by atoms with E-state index in [4.69, 9.17) is 0 Å². The van der Waals surface area contributed by atoms with Crippen LogP contribution in [-0.4, -0.2) is 54.8 Å². The number of carbonyl (C=O) groups is 2. The zero-order valence-corrected chi connectivity index (χ0v) is 17.9. The van der Waals surface area contributed by atoms with Crippen molar-refractivity contribution in [2.24, 2.45) is 7.05 Å². The number of likely N-dealkylation sites (tertiary alicyclic amines) is 1. The smallest absolute Gasteiger partial charge is 0.257 e. The van der Waals surface area contributed by atoms with E-state index in [-0.39, 0.29) is 29.3 Å². The standard InChI is InChI=1S/C21H30N6O2/c1-12(18-14(3)23-24-15(18)4)19(28)22-21-8-6-7-17(21)27(10-9-21)20(29)16-11-26(5)25-13(16)2/h11-12,17H,6-10H2,1-5H3,(H,22,28)(H,23,24). The molecule has 0 radical (unpaired) electrons. The summed E-state index contributed by atoms with van der Waals surface area (Å²) in [6.07, 6.45) is 5.43. The van der Waals surface area contributed by atoms with Gasteiger partial charge in [-0.3, -0.25) is 19.4 Å². The lowest BCUT2D eigenvalue weighted by atomic mass is 9.90. The lowest BCUT2D eigenvalue weighted by molar-refractivity contribution is -0.124. The van der Waals surface area contributed by atoms with Crippen molar-refractivity contribution in [2.75, 3.05) is 6.54 Å². The Morgan fingerprint density at radius 3 is 2.66 bits per heavy atom. The monoisotopic (exact) mass is 398 g/mol. The highest BCUT2D eigenvalue weighted by Gasteiger charge is 2.53. The van der Waals surface area contributed by atoms with Crippen molar-refractivity contribution in [3.63, 3.8) is 0 Å². The third-order valence-corrected chi connectivity index (χ3v) is 6.80. The molecule has 1 aliphatic heterocycles. The van der Waals surface area contributed by atoms with Gasteiger partial charge in [0.15, 0.2) is 0 Å². The minimum atomic E-state index is -0.331. The fraction of sp³-hybridized carbons (Fsp3) is 0.619. The molecule has 4 rings (SSSR count). The summed E-state index contributed by atoms with van der Waals surface area (Å²) in [4.78, 5) is 28.3. The fourth-order valence-corrected chi connectivity index (χ4v) is 5.37. The molecule has 0 aromatic carbocycles. The molecule has 156 valence electrons. The van der Waals surface area contributed by atoms with Gasteiger partial charge in [0, 0.05) is 31.0 Å². The average Bonchev–Trinajstić information content (AvgIpc) is 3.38. The topological polar surface area (TPSA) is 95.9 Å². The molecule has 1 aliphatic carbocycles. The summed E-state index contributed by atoms with van der Waals surface area (Å²) in [5.41, 5.74) is 3.83. The highest BCUT2D eigenvalue weighted by atomic mass is 16.2. The molecule has 3 heterocycles. The van der Waals surface area contributed by atoms with Crippen molar-refractivity contribution in [3.8, 4) is 0 Å². The maximum absolute atomic E-state index is 13.2. The fourth-order valence-electron chi connectivity index (χ4n) is 5.37. The van der Waals surface area contributed by atoms with Crippen LogP contribution in [0.15, 0.2) is 6.20 Å². The zero-order valence-electron chi connectivity index (χ0n) is 17.9. The molecule has 2 N–H and O–H groups in total. The van der Waals surface area contributed by atoms with E-state index in [1.807, 2.05) is 39.6 Å². The first kappa shape index (κ1) is 19.7. The first-order valence-electron chi connectivity index (χ1n) is 10.4. The summed E-state index contributed by atoms with van der Waals surface area (Å²) in [5.74, 6) is -0.251. The van der Waals surface area contributed by atoms with Crippen molar-refractivity contribution in [1.29, 1.82) is 0 Å². The molecule has 0 spiro atoms. The van der Waals surface area contributed by atoms with E-state index in [0.717, 1.165) is 48.3 Å². The Bertz CT molecular complexity index is 941. The number of aromatic nitrogens is 4. The number of fused-ring (bicyclic) bond motifs is 1. The van der Waals surface area contributed by atoms with Gasteiger partial charge in [-0.25, -0.2) is 0 Å². The van der Waals surface area contributed by atoms with Crippen LogP contribution in [0.4, 0.5) is 0 Å². The number of hydrogen-bond acceptors (Lipinski definition) is 4. The minimum Gasteiger partial charge on any atom is -0.348 e. The number of amides is 2. The van der Waals surface area contributed by atoms with Crippen molar-refractivity contribution in [2.45, 2.75) is 70.9 Å². The quantitative estimate of drug-likeness (QED) is 0.825. The Morgan fingerprint density at radius 1 is 1.28 bits per heavy atom. The SMILES string of the molecule is Cc1nn(C)cc1C(=O)N1CCC2(NC(=O)C(C)c3c(C)n[nH]c3C)CCCC12. The second-order valence-electron chi connectivity index (χ2n) is 8.67. The Balaban J connectivity index is 1.54. The van der Waals surface area contributed by atoms with Crippen molar-refractivity contribution in [3.05, 3.63) is 34.4 Å². The molecule has 1 saturated carbocycles. The van der Waals surface area contributed by atoms with Crippen molar-refractivity contribution < 1.29 is 9.59 Å². The molecular weight excluding hydrogens is 368 g/mol. The van der Waals surface area contributed by atoms with Gasteiger partial charge in [-0.1, -0.05) is 0 Å². The van der Waals surface area contributed by atoms with Gasteiger partial charge in [-0.2, -0.15) is 10.2 Å². The molecule has 3 atom stereocenters. The molecule has 0 bridgehead atoms. The van der Waals surface area contributed by atoms with E-state index >= 15 is 0 Å². The third kappa shape index (κ3) is 3.14. The van der Waals surface area contributed by atoms with Gasteiger partial charge in [0.2, 0.25) is 5.91 Å². The van der Waals surface area contributed by atoms with Gasteiger partial charge < -0.3 is 10.2 Å². The molecule has 29 heavy (non-hydrogen) atoms. The van der Waals surface area contributed by atoms with E-state index in [0.29, 0.717) is 12.1 Å². The minimum absolute atomic E-state index is 0.0105. The number of aromatic amines is 1. The Labute approximate surface area is 171 Å². The largest absolute Gasteiger partial charge is 0.348 e. The number of hydrogen-bond donors (Lipinski definition) is 2. The lowest BCUT2D eigenvalue weighted by Gasteiger charge is -2.34. The molecule has 8 heteroatoms. The molecule has 2 aliphatic rings. The van der Waals surface area contributed by atoms with Crippen molar-refractivity contribution >= 4 is 11.8 Å². The summed E-state index contributed by atoms with van der Waals surface area (Å²) < 4.78 is 1.68. The number of aryl methyl sites for hydroxylation is 4. The first-order valence-corrected chi connectivity index (χ1v) is 10.4. The number of H-pyrrole nitrogens is 1. The second kappa shape index (κ2) is 7.00. The van der Waals surface area contributed by atoms with Gasteiger partial charge in [-0.15, -0.1) is 0 Å². The maximum Gasteiger partial charge on any atom is 0.257 e. The average molecular weight is 399 g/mol. The zero-order chi connectivity index (χ0) is 20.9. The van der Waals surface area contributed by atoms with Crippen LogP contribution < -0.4 is 5.32 Å². The summed E-state index contributed by atoms with van der Waals surface area (Å²) in [6, 6.07) is 0.0392. The maximum atomic E-state index is 13.2. The van der Waals surface area contributed by atoms with Crippen LogP contribution >= 0.6 is 0 Å². The van der Waals surface area contributed by atoms with Crippen LogP contribution in [0, 0.1) is 20.8 Å². The van der Waals surface area contributed by atoms with Crippen LogP contribution in [0.1, 0.15) is 71.5 Å². The highest BCUT2D eigenvalue weighted by molar-refractivity contribution is 5.96. The Morgan fingerprint density at radius 2 is 2.03 bits per heavy atom. The number of nitrogens with zero attached hydrogens (tertiary/aromatic N) is 4. The molecule has 2 amide bonds. The van der Waals surface area contributed by atoms with Crippen LogP contribution in [-0.2, 0) is 11.8 Å². The predicted octanol–water partition coefficient (Wildman–Crippen LogP) is 2.13. The first-order chi connectivity index (χ1) is 13.7. The van der Waals surface area contributed by atoms with E-state index in [1.165, 1.54) is 0 Å². The van der Waals surface area contributed by atoms with Crippen LogP contribution in [0.5, 0.6) is 0 Å². The van der Waals surface area contributed by atoms with Crippen molar-refractivity contribution in [1.82, 2.24) is 30.2 Å². The highest BCUT2D eigenvalue weighted by Crippen LogP contribution is 2.43. The summed E-state index contributed by atoms with van der Waals surface area (Å²) in [7, 11) is 1.83. The number of nitrogens with one attached hydrogen (secondary N) is 2. The number of carbonyl (C=O) groups excluding carboxylic acids is 2. The molecular formula is C21H30N6O2. The van der Waals surface area contributed by atoms with Gasteiger partial charge in [0.05, 0.1) is 34.4 Å². The molecule has 2 fully saturated rings. The summed E-state index contributed by atoms with van der Waals surface area (Å²) in [6.45, 7) is 8.32. The third-order valence-electron chi connectivity index (χ3n) is 6.80. The molecule has 3 unspecified atom stereocenters. The molecule has 2 aromatic heterocycles. The predicted molar refractivity (Wildman–Crippen MR) is 109 cm³/mol. The van der Waals surface area contributed by atoms with E-state index in [1.54, 1.807) is 10.9 Å². The second-order valence-corrected chi connectivity index (χ2v) is 8.67. The van der Waals surface area contributed by atoms with E-state index in [9.17, 15) is 9.59 Å². The molecule has 8 nitrogen and oxygen atoms in total.